The van der Waals surface area contributed by atoms with E-state index in [4.69, 9.17) is 0 Å². The number of hydrogen-bond donors (Lipinski definition) is 3. The fourth-order valence-electron chi connectivity index (χ4n) is 2.43. The second-order valence-electron chi connectivity index (χ2n) is 5.44. The smallest absolute Gasteiger partial charge is 0.295 e. The van der Waals surface area contributed by atoms with Crippen molar-refractivity contribution in [1.82, 2.24) is 0 Å². The third kappa shape index (κ3) is 4.75. The van der Waals surface area contributed by atoms with Gasteiger partial charge in [-0.2, -0.15) is 21.9 Å². The number of rotatable bonds is 4. The minimum atomic E-state index is -4.92. The summed E-state index contributed by atoms with van der Waals surface area (Å²) in [5, 5.41) is 17.6. The number of fused-ring (bicyclic) bond motifs is 1. The fourth-order valence-corrected chi connectivity index (χ4v) is 3.79. The molecule has 3 rings (SSSR count). The average molecular weight is 431 g/mol. The Labute approximate surface area is 182 Å². The van der Waals surface area contributed by atoms with E-state index in [1.54, 1.807) is 30.3 Å². The number of phenolic OH excluding ortho intramolecular Hbond substituents is 1. The molecule has 0 aliphatic carbocycles. The number of azo groups is 1. The quantitative estimate of drug-likeness (QED) is 0.326. The van der Waals surface area contributed by atoms with Crippen molar-refractivity contribution in [3.05, 3.63) is 54.6 Å². The summed E-state index contributed by atoms with van der Waals surface area (Å²) < 4.78 is 65.1. The van der Waals surface area contributed by atoms with Crippen LogP contribution in [0.15, 0.2) is 74.6 Å². The number of aromatic hydroxyl groups is 1. The van der Waals surface area contributed by atoms with E-state index >= 15 is 0 Å². The maximum absolute atomic E-state index is 11.8. The summed E-state index contributed by atoms with van der Waals surface area (Å²) in [5.74, 6) is -0.438. The van der Waals surface area contributed by atoms with Gasteiger partial charge in [-0.1, -0.05) is 24.3 Å². The predicted octanol–water partition coefficient (Wildman–Crippen LogP) is 3.07. The van der Waals surface area contributed by atoms with Crippen molar-refractivity contribution in [1.29, 1.82) is 0 Å². The molecule has 12 heteroatoms. The molecule has 3 aromatic carbocycles. The first-order valence-electron chi connectivity index (χ1n) is 7.29. The molecule has 0 aliphatic heterocycles. The molecule has 9 nitrogen and oxygen atoms in total. The molecule has 0 saturated carbocycles. The van der Waals surface area contributed by atoms with Crippen LogP contribution in [0.2, 0.25) is 0 Å². The Bertz CT molecular complexity index is 1280. The van der Waals surface area contributed by atoms with Gasteiger partial charge in [-0.3, -0.25) is 9.11 Å². The van der Waals surface area contributed by atoms with Gasteiger partial charge in [0.2, 0.25) is 0 Å². The van der Waals surface area contributed by atoms with E-state index in [-0.39, 0.29) is 46.0 Å². The van der Waals surface area contributed by atoms with Gasteiger partial charge >= 0.3 is 0 Å². The van der Waals surface area contributed by atoms with E-state index in [2.05, 4.69) is 10.2 Å². The average Bonchev–Trinajstić information content (AvgIpc) is 2.59. The first-order valence-corrected chi connectivity index (χ1v) is 10.2. The van der Waals surface area contributed by atoms with Gasteiger partial charge in [0.25, 0.3) is 20.2 Å². The Morgan fingerprint density at radius 2 is 1.43 bits per heavy atom. The molecular formula is C16H12N2NaO7S2. The molecule has 0 aliphatic rings. The molecule has 0 aromatic heterocycles. The van der Waals surface area contributed by atoms with Gasteiger partial charge in [-0.05, 0) is 35.7 Å². The summed E-state index contributed by atoms with van der Waals surface area (Å²) in [7, 11) is -9.67. The fraction of sp³-hybridized carbons (Fsp3) is 0. The minimum Gasteiger partial charge on any atom is -0.506 e. The largest absolute Gasteiger partial charge is 0.506 e. The third-order valence-corrected chi connectivity index (χ3v) is 5.31. The molecule has 3 N–H and O–H groups in total. The van der Waals surface area contributed by atoms with E-state index < -0.39 is 35.8 Å². The first-order chi connectivity index (χ1) is 12.6. The predicted molar refractivity (Wildman–Crippen MR) is 102 cm³/mol. The minimum absolute atomic E-state index is 0. The van der Waals surface area contributed by atoms with E-state index in [9.17, 15) is 31.0 Å². The maximum Gasteiger partial charge on any atom is 0.295 e. The third-order valence-electron chi connectivity index (χ3n) is 3.60. The standard InChI is InChI=1S/C16H12N2O7S2.Na/c19-13-7-6-10-8-12(26(20,21)22)9-14(27(23,24)25)15(10)16(13)18-17-11-4-2-1-3-5-11;/h1-9,19H,(H,20,21,22)(H,23,24,25);. The van der Waals surface area contributed by atoms with Crippen LogP contribution in [0.3, 0.4) is 0 Å². The second-order valence-corrected chi connectivity index (χ2v) is 8.25. The van der Waals surface area contributed by atoms with Crippen molar-refractivity contribution in [3.8, 4) is 5.75 Å². The van der Waals surface area contributed by atoms with Gasteiger partial charge in [-0.15, -0.1) is 5.11 Å². The van der Waals surface area contributed by atoms with Crippen LogP contribution in [0.5, 0.6) is 5.75 Å². The van der Waals surface area contributed by atoms with Crippen LogP contribution in [0.25, 0.3) is 10.8 Å². The normalized spacial score (nSPS) is 12.2. The van der Waals surface area contributed by atoms with Gasteiger partial charge in [0.1, 0.15) is 16.3 Å². The SMILES string of the molecule is O=S(=O)(O)c1cc(S(=O)(=O)O)c2c(N=Nc3ccccc3)c(O)ccc2c1.[Na]. The van der Waals surface area contributed by atoms with E-state index in [1.165, 1.54) is 6.07 Å². The van der Waals surface area contributed by atoms with Crippen molar-refractivity contribution in [2.75, 3.05) is 0 Å². The molecule has 0 spiro atoms. The number of nitrogens with zero attached hydrogens (tertiary/aromatic N) is 2. The molecular weight excluding hydrogens is 419 g/mol. The Morgan fingerprint density at radius 3 is 2.00 bits per heavy atom. The van der Waals surface area contributed by atoms with E-state index in [1.807, 2.05) is 0 Å². The molecule has 0 bridgehead atoms. The van der Waals surface area contributed by atoms with Gasteiger partial charge in [-0.25, -0.2) is 0 Å². The molecule has 0 amide bonds. The van der Waals surface area contributed by atoms with Crippen LogP contribution in [-0.2, 0) is 20.2 Å². The van der Waals surface area contributed by atoms with Gasteiger partial charge in [0.05, 0.1) is 10.6 Å². The van der Waals surface area contributed by atoms with Crippen molar-refractivity contribution in [3.63, 3.8) is 0 Å². The zero-order chi connectivity index (χ0) is 19.8. The van der Waals surface area contributed by atoms with E-state index in [0.29, 0.717) is 11.8 Å². The van der Waals surface area contributed by atoms with Crippen LogP contribution >= 0.6 is 0 Å². The number of benzene rings is 3. The van der Waals surface area contributed by atoms with Crippen LogP contribution in [-0.4, -0.2) is 60.6 Å². The van der Waals surface area contributed by atoms with Crippen molar-refractivity contribution in [2.24, 2.45) is 10.2 Å². The monoisotopic (exact) mass is 431 g/mol. The number of phenols is 1. The Morgan fingerprint density at radius 1 is 0.786 bits per heavy atom. The Hall–Kier alpha value is -1.86. The molecule has 28 heavy (non-hydrogen) atoms. The molecule has 0 saturated heterocycles. The second kappa shape index (κ2) is 8.25. The van der Waals surface area contributed by atoms with Crippen molar-refractivity contribution >= 4 is 71.9 Å². The van der Waals surface area contributed by atoms with Gasteiger partial charge < -0.3 is 5.11 Å². The molecule has 0 heterocycles. The summed E-state index contributed by atoms with van der Waals surface area (Å²) >= 11 is 0. The Kier molecular flexibility index (Phi) is 6.61. The maximum atomic E-state index is 11.8. The Balaban J connectivity index is 0.00000280. The molecule has 1 radical (unpaired) electrons. The number of hydrogen-bond acceptors (Lipinski definition) is 7. The molecule has 0 unspecified atom stereocenters. The summed E-state index contributed by atoms with van der Waals surface area (Å²) in [5.41, 5.74) is 0.128. The summed E-state index contributed by atoms with van der Waals surface area (Å²) in [6.45, 7) is 0. The molecule has 141 valence electrons. The van der Waals surface area contributed by atoms with Gasteiger partial charge in [0.15, 0.2) is 0 Å². The topological polar surface area (TPSA) is 154 Å². The van der Waals surface area contributed by atoms with Crippen LogP contribution in [0.4, 0.5) is 11.4 Å². The molecule has 3 aromatic rings. The zero-order valence-electron chi connectivity index (χ0n) is 14.4. The van der Waals surface area contributed by atoms with Crippen molar-refractivity contribution < 1.29 is 31.0 Å². The summed E-state index contributed by atoms with van der Waals surface area (Å²) in [6, 6.07) is 12.3. The first kappa shape index (κ1) is 22.4. The molecule has 0 fully saturated rings. The summed E-state index contributed by atoms with van der Waals surface area (Å²) in [6.07, 6.45) is 0. The summed E-state index contributed by atoms with van der Waals surface area (Å²) in [4.78, 5) is -1.58. The molecule has 0 atom stereocenters. The van der Waals surface area contributed by atoms with Crippen LogP contribution < -0.4 is 0 Å². The van der Waals surface area contributed by atoms with Crippen LogP contribution in [0.1, 0.15) is 0 Å². The van der Waals surface area contributed by atoms with E-state index in [0.717, 1.165) is 12.1 Å². The van der Waals surface area contributed by atoms with Crippen molar-refractivity contribution in [2.45, 2.75) is 9.79 Å². The van der Waals surface area contributed by atoms with Gasteiger partial charge in [0, 0.05) is 34.9 Å². The van der Waals surface area contributed by atoms with Crippen LogP contribution in [0, 0.1) is 0 Å². The zero-order valence-corrected chi connectivity index (χ0v) is 18.0.